The predicted molar refractivity (Wildman–Crippen MR) is 97.6 cm³/mol. The Morgan fingerprint density at radius 2 is 1.59 bits per heavy atom. The minimum Gasteiger partial charge on any atom is -0.326 e. The zero-order valence-corrected chi connectivity index (χ0v) is 15.4. The highest BCUT2D eigenvalue weighted by molar-refractivity contribution is 7.89. The number of carbonyl (C=O) groups excluding carboxylic acids is 1. The third kappa shape index (κ3) is 4.70. The SMILES string of the molecule is O=C(C[C@H]1CCCCN1S(=O)(=O)c1ccc(F)cc1)Nc1ccc(F)cc1. The summed E-state index contributed by atoms with van der Waals surface area (Å²) in [5.41, 5.74) is 0.449. The molecular weight excluding hydrogens is 374 g/mol. The van der Waals surface area contributed by atoms with Crippen molar-refractivity contribution < 1.29 is 22.0 Å². The Morgan fingerprint density at radius 3 is 2.22 bits per heavy atom. The van der Waals surface area contributed by atoms with Crippen molar-refractivity contribution in [3.05, 3.63) is 60.2 Å². The lowest BCUT2D eigenvalue weighted by Gasteiger charge is -2.34. The maximum Gasteiger partial charge on any atom is 0.243 e. The highest BCUT2D eigenvalue weighted by atomic mass is 32.2. The van der Waals surface area contributed by atoms with Crippen LogP contribution in [0.4, 0.5) is 14.5 Å². The fourth-order valence-electron chi connectivity index (χ4n) is 3.20. The summed E-state index contributed by atoms with van der Waals surface area (Å²) in [7, 11) is -3.81. The molecule has 1 saturated heterocycles. The zero-order chi connectivity index (χ0) is 19.4. The Labute approximate surface area is 157 Å². The number of nitrogens with one attached hydrogen (secondary N) is 1. The summed E-state index contributed by atoms with van der Waals surface area (Å²) < 4.78 is 53.2. The lowest BCUT2D eigenvalue weighted by Crippen LogP contribution is -2.45. The van der Waals surface area contributed by atoms with Gasteiger partial charge < -0.3 is 5.32 Å². The summed E-state index contributed by atoms with van der Waals surface area (Å²) in [5.74, 6) is -1.26. The highest BCUT2D eigenvalue weighted by Gasteiger charge is 2.34. The number of carbonyl (C=O) groups is 1. The molecule has 1 N–H and O–H groups in total. The fraction of sp³-hybridized carbons (Fsp3) is 0.316. The van der Waals surface area contributed by atoms with Crippen LogP contribution < -0.4 is 5.32 Å². The Morgan fingerprint density at radius 1 is 1.00 bits per heavy atom. The van der Waals surface area contributed by atoms with Crippen molar-refractivity contribution >= 4 is 21.6 Å². The van der Waals surface area contributed by atoms with E-state index in [0.29, 0.717) is 25.1 Å². The topological polar surface area (TPSA) is 66.5 Å². The Kier molecular flexibility index (Phi) is 5.86. The van der Waals surface area contributed by atoms with Crippen LogP contribution in [0.1, 0.15) is 25.7 Å². The Hall–Kier alpha value is -2.32. The molecule has 1 atom stereocenters. The summed E-state index contributed by atoms with van der Waals surface area (Å²) in [6.45, 7) is 0.314. The fourth-order valence-corrected chi connectivity index (χ4v) is 4.89. The lowest BCUT2D eigenvalue weighted by molar-refractivity contribution is -0.117. The molecule has 8 heteroatoms. The second-order valence-electron chi connectivity index (χ2n) is 6.48. The molecule has 2 aromatic rings. The van der Waals surface area contributed by atoms with Crippen LogP contribution in [0.25, 0.3) is 0 Å². The number of amides is 1. The summed E-state index contributed by atoms with van der Waals surface area (Å²) in [6, 6.07) is 9.56. The van der Waals surface area contributed by atoms with Crippen molar-refractivity contribution in [2.45, 2.75) is 36.6 Å². The lowest BCUT2D eigenvalue weighted by atomic mass is 10.0. The first-order valence-electron chi connectivity index (χ1n) is 8.69. The number of nitrogens with zero attached hydrogens (tertiary/aromatic N) is 1. The van der Waals surface area contributed by atoms with Gasteiger partial charge in [0, 0.05) is 24.7 Å². The van der Waals surface area contributed by atoms with Gasteiger partial charge in [-0.3, -0.25) is 4.79 Å². The van der Waals surface area contributed by atoms with Gasteiger partial charge in [-0.05, 0) is 61.4 Å². The van der Waals surface area contributed by atoms with Crippen LogP contribution in [0, 0.1) is 11.6 Å². The first-order valence-corrected chi connectivity index (χ1v) is 10.1. The summed E-state index contributed by atoms with van der Waals surface area (Å²) in [6.07, 6.45) is 2.09. The van der Waals surface area contributed by atoms with E-state index in [-0.39, 0.29) is 17.2 Å². The number of rotatable bonds is 5. The average Bonchev–Trinajstić information content (AvgIpc) is 2.64. The molecule has 1 aliphatic rings. The van der Waals surface area contributed by atoms with E-state index in [9.17, 15) is 22.0 Å². The number of piperidine rings is 1. The van der Waals surface area contributed by atoms with E-state index in [0.717, 1.165) is 18.6 Å². The van der Waals surface area contributed by atoms with E-state index in [4.69, 9.17) is 0 Å². The largest absolute Gasteiger partial charge is 0.326 e. The van der Waals surface area contributed by atoms with E-state index in [1.165, 1.54) is 40.7 Å². The monoisotopic (exact) mass is 394 g/mol. The van der Waals surface area contributed by atoms with Gasteiger partial charge in [-0.2, -0.15) is 4.31 Å². The first kappa shape index (κ1) is 19.4. The van der Waals surface area contributed by atoms with Crippen molar-refractivity contribution in [3.63, 3.8) is 0 Å². The van der Waals surface area contributed by atoms with Crippen LogP contribution >= 0.6 is 0 Å². The van der Waals surface area contributed by atoms with Gasteiger partial charge >= 0.3 is 0 Å². The first-order chi connectivity index (χ1) is 12.9. The van der Waals surface area contributed by atoms with Crippen LogP contribution in [0.2, 0.25) is 0 Å². The zero-order valence-electron chi connectivity index (χ0n) is 14.6. The quantitative estimate of drug-likeness (QED) is 0.844. The smallest absolute Gasteiger partial charge is 0.243 e. The maximum absolute atomic E-state index is 13.1. The average molecular weight is 394 g/mol. The predicted octanol–water partition coefficient (Wildman–Crippen LogP) is 3.54. The molecule has 2 aromatic carbocycles. The van der Waals surface area contributed by atoms with Crippen molar-refractivity contribution in [3.8, 4) is 0 Å². The van der Waals surface area contributed by atoms with E-state index >= 15 is 0 Å². The van der Waals surface area contributed by atoms with E-state index in [1.807, 2.05) is 0 Å². The minimum absolute atomic E-state index is 0.00218. The molecule has 5 nitrogen and oxygen atoms in total. The van der Waals surface area contributed by atoms with Gasteiger partial charge in [0.1, 0.15) is 11.6 Å². The molecule has 0 spiro atoms. The van der Waals surface area contributed by atoms with Gasteiger partial charge in [-0.1, -0.05) is 6.42 Å². The molecule has 0 aromatic heterocycles. The molecule has 0 unspecified atom stereocenters. The van der Waals surface area contributed by atoms with Crippen molar-refractivity contribution in [1.82, 2.24) is 4.31 Å². The molecular formula is C19H20F2N2O3S. The number of hydrogen-bond donors (Lipinski definition) is 1. The molecule has 1 amide bonds. The van der Waals surface area contributed by atoms with Gasteiger partial charge in [0.15, 0.2) is 0 Å². The minimum atomic E-state index is -3.81. The normalized spacial score (nSPS) is 18.2. The van der Waals surface area contributed by atoms with Gasteiger partial charge in [0.25, 0.3) is 0 Å². The number of hydrogen-bond acceptors (Lipinski definition) is 3. The maximum atomic E-state index is 13.1. The molecule has 3 rings (SSSR count). The molecule has 1 heterocycles. The highest BCUT2D eigenvalue weighted by Crippen LogP contribution is 2.27. The number of benzene rings is 2. The van der Waals surface area contributed by atoms with Gasteiger partial charge in [-0.25, -0.2) is 17.2 Å². The molecule has 0 bridgehead atoms. The van der Waals surface area contributed by atoms with Crippen molar-refractivity contribution in [2.75, 3.05) is 11.9 Å². The second-order valence-corrected chi connectivity index (χ2v) is 8.37. The van der Waals surface area contributed by atoms with Crippen molar-refractivity contribution in [2.24, 2.45) is 0 Å². The molecule has 144 valence electrons. The van der Waals surface area contributed by atoms with Crippen LogP contribution in [-0.2, 0) is 14.8 Å². The Bertz CT molecular complexity index is 900. The van der Waals surface area contributed by atoms with Gasteiger partial charge in [0.2, 0.25) is 15.9 Å². The summed E-state index contributed by atoms with van der Waals surface area (Å²) >= 11 is 0. The van der Waals surface area contributed by atoms with E-state index < -0.39 is 27.7 Å². The molecule has 0 aliphatic carbocycles. The van der Waals surface area contributed by atoms with E-state index in [2.05, 4.69) is 5.32 Å². The molecule has 0 radical (unpaired) electrons. The van der Waals surface area contributed by atoms with Gasteiger partial charge in [0.05, 0.1) is 4.90 Å². The summed E-state index contributed by atoms with van der Waals surface area (Å²) in [4.78, 5) is 12.4. The van der Waals surface area contributed by atoms with E-state index in [1.54, 1.807) is 0 Å². The third-order valence-corrected chi connectivity index (χ3v) is 6.51. The standard InChI is InChI=1S/C19H20F2N2O3S/c20-14-4-8-16(9-5-14)22-19(24)13-17-3-1-2-12-23(17)27(25,26)18-10-6-15(21)7-11-18/h4-11,17H,1-3,12-13H2,(H,22,24)/t17-/m1/s1. The molecule has 1 fully saturated rings. The second kappa shape index (κ2) is 8.14. The third-order valence-electron chi connectivity index (χ3n) is 4.54. The van der Waals surface area contributed by atoms with Crippen LogP contribution in [-0.4, -0.2) is 31.2 Å². The van der Waals surface area contributed by atoms with Crippen LogP contribution in [0.5, 0.6) is 0 Å². The Balaban J connectivity index is 1.73. The number of sulfonamides is 1. The molecule has 0 saturated carbocycles. The van der Waals surface area contributed by atoms with Crippen LogP contribution in [0.3, 0.4) is 0 Å². The number of halogens is 2. The molecule has 1 aliphatic heterocycles. The number of anilines is 1. The summed E-state index contributed by atoms with van der Waals surface area (Å²) in [5, 5.41) is 2.66. The van der Waals surface area contributed by atoms with Gasteiger partial charge in [-0.15, -0.1) is 0 Å². The van der Waals surface area contributed by atoms with Crippen molar-refractivity contribution in [1.29, 1.82) is 0 Å². The molecule has 27 heavy (non-hydrogen) atoms. The van der Waals surface area contributed by atoms with Crippen LogP contribution in [0.15, 0.2) is 53.4 Å².